The number of hydrogen-bond donors (Lipinski definition) is 1. The molecule has 7 heteroatoms. The lowest BCUT2D eigenvalue weighted by atomic mass is 10.1. The zero-order chi connectivity index (χ0) is 19.9. The van der Waals surface area contributed by atoms with Crippen molar-refractivity contribution in [3.05, 3.63) is 70.4 Å². The predicted octanol–water partition coefficient (Wildman–Crippen LogP) is 2.98. The molecule has 28 heavy (non-hydrogen) atoms. The van der Waals surface area contributed by atoms with Gasteiger partial charge in [-0.15, -0.1) is 0 Å². The Labute approximate surface area is 168 Å². The quantitative estimate of drug-likeness (QED) is 0.783. The number of carbonyl (C=O) groups is 2. The van der Waals surface area contributed by atoms with Crippen LogP contribution in [0.3, 0.4) is 0 Å². The zero-order valence-corrected chi connectivity index (χ0v) is 16.2. The third-order valence-electron chi connectivity index (χ3n) is 4.33. The lowest BCUT2D eigenvalue weighted by Gasteiger charge is -2.28. The average molecular weight is 401 g/mol. The highest BCUT2D eigenvalue weighted by Crippen LogP contribution is 2.21. The number of morpholine rings is 1. The number of methoxy groups -OCH3 is 1. The smallest absolute Gasteiger partial charge is 0.270 e. The summed E-state index contributed by atoms with van der Waals surface area (Å²) >= 11 is 6.13. The fraction of sp³-hybridized carbons (Fsp3) is 0.238. The van der Waals surface area contributed by atoms with Crippen molar-refractivity contribution >= 4 is 29.5 Å². The number of nitrogens with one attached hydrogen (secondary N) is 1. The molecule has 1 aliphatic heterocycles. The second-order valence-corrected chi connectivity index (χ2v) is 6.55. The first-order valence-corrected chi connectivity index (χ1v) is 9.25. The van der Waals surface area contributed by atoms with Gasteiger partial charge in [-0.25, -0.2) is 0 Å². The lowest BCUT2D eigenvalue weighted by Crippen LogP contribution is -2.44. The fourth-order valence-corrected chi connectivity index (χ4v) is 3.09. The van der Waals surface area contributed by atoms with Crippen molar-refractivity contribution in [1.29, 1.82) is 0 Å². The van der Waals surface area contributed by atoms with E-state index in [-0.39, 0.29) is 11.6 Å². The Balaban J connectivity index is 1.94. The van der Waals surface area contributed by atoms with Gasteiger partial charge in [-0.3, -0.25) is 9.59 Å². The number of benzene rings is 2. The summed E-state index contributed by atoms with van der Waals surface area (Å²) in [5, 5.41) is 3.04. The van der Waals surface area contributed by atoms with Crippen molar-refractivity contribution in [2.24, 2.45) is 0 Å². The minimum absolute atomic E-state index is 0.149. The van der Waals surface area contributed by atoms with Crippen LogP contribution >= 0.6 is 11.6 Å². The highest BCUT2D eigenvalue weighted by molar-refractivity contribution is 6.34. The van der Waals surface area contributed by atoms with Gasteiger partial charge in [-0.05, 0) is 24.3 Å². The van der Waals surface area contributed by atoms with Crippen LogP contribution in [-0.4, -0.2) is 50.1 Å². The van der Waals surface area contributed by atoms with Crippen molar-refractivity contribution in [1.82, 2.24) is 10.2 Å². The molecular weight excluding hydrogens is 380 g/mol. The van der Waals surface area contributed by atoms with E-state index in [0.29, 0.717) is 48.2 Å². The van der Waals surface area contributed by atoms with Gasteiger partial charge in [0.1, 0.15) is 11.4 Å². The van der Waals surface area contributed by atoms with Crippen molar-refractivity contribution < 1.29 is 19.1 Å². The Hall–Kier alpha value is -2.83. The minimum atomic E-state index is -0.451. The van der Waals surface area contributed by atoms with Crippen molar-refractivity contribution in [2.45, 2.75) is 0 Å². The van der Waals surface area contributed by atoms with Crippen LogP contribution < -0.4 is 10.1 Å². The summed E-state index contributed by atoms with van der Waals surface area (Å²) in [6.07, 6.45) is 1.62. The summed E-state index contributed by atoms with van der Waals surface area (Å²) in [5.74, 6) is -0.135. The maximum Gasteiger partial charge on any atom is 0.270 e. The summed E-state index contributed by atoms with van der Waals surface area (Å²) in [5.41, 5.74) is 1.13. The topological polar surface area (TPSA) is 67.9 Å². The second-order valence-electron chi connectivity index (χ2n) is 6.14. The molecular formula is C21H21ClN2O4. The number of hydrogen-bond acceptors (Lipinski definition) is 4. The molecule has 0 saturated carbocycles. The Morgan fingerprint density at radius 1 is 1.11 bits per heavy atom. The number of ether oxygens (including phenoxy) is 2. The molecule has 2 aromatic rings. The molecule has 1 fully saturated rings. The van der Waals surface area contributed by atoms with Crippen molar-refractivity contribution in [2.75, 3.05) is 33.4 Å². The highest BCUT2D eigenvalue weighted by Gasteiger charge is 2.23. The molecule has 6 nitrogen and oxygen atoms in total. The second kappa shape index (κ2) is 9.39. The summed E-state index contributed by atoms with van der Waals surface area (Å²) in [6.45, 7) is 1.85. The number of amides is 2. The molecule has 2 amide bonds. The Morgan fingerprint density at radius 3 is 2.50 bits per heavy atom. The zero-order valence-electron chi connectivity index (χ0n) is 15.5. The standard InChI is InChI=1S/C21H21ClN2O4/c1-27-19-9-5-2-6-15(19)14-18(21(26)24-10-12-28-13-11-24)23-20(25)16-7-3-4-8-17(16)22/h2-9,14H,10-13H2,1H3,(H,23,25)/b18-14-. The van der Waals surface area contributed by atoms with Crippen molar-refractivity contribution in [3.8, 4) is 5.75 Å². The largest absolute Gasteiger partial charge is 0.496 e. The maximum atomic E-state index is 13.1. The van der Waals surface area contributed by atoms with Crippen LogP contribution in [0.15, 0.2) is 54.2 Å². The monoisotopic (exact) mass is 400 g/mol. The van der Waals surface area contributed by atoms with Crippen LogP contribution in [0.25, 0.3) is 6.08 Å². The Morgan fingerprint density at radius 2 is 1.79 bits per heavy atom. The van der Waals surface area contributed by atoms with E-state index in [4.69, 9.17) is 21.1 Å². The number of carbonyl (C=O) groups excluding carboxylic acids is 2. The van der Waals surface area contributed by atoms with E-state index < -0.39 is 5.91 Å². The molecule has 0 unspecified atom stereocenters. The van der Waals surface area contributed by atoms with Gasteiger partial charge < -0.3 is 19.7 Å². The Bertz CT molecular complexity index is 891. The average Bonchev–Trinajstić information content (AvgIpc) is 2.74. The van der Waals surface area contributed by atoms with E-state index >= 15 is 0 Å². The first-order chi connectivity index (χ1) is 13.6. The maximum absolute atomic E-state index is 13.1. The molecule has 1 heterocycles. The van der Waals surface area contributed by atoms with Crippen LogP contribution in [0, 0.1) is 0 Å². The van der Waals surface area contributed by atoms with E-state index in [1.807, 2.05) is 18.2 Å². The predicted molar refractivity (Wildman–Crippen MR) is 107 cm³/mol. The van der Waals surface area contributed by atoms with Crippen LogP contribution in [0.1, 0.15) is 15.9 Å². The molecule has 0 aliphatic carbocycles. The summed E-state index contributed by atoms with van der Waals surface area (Å²) in [7, 11) is 1.55. The van der Waals surface area contributed by atoms with Gasteiger partial charge in [0.2, 0.25) is 0 Å². The van der Waals surface area contributed by atoms with Crippen LogP contribution in [0.4, 0.5) is 0 Å². The molecule has 0 bridgehead atoms. The number of rotatable bonds is 5. The first kappa shape index (κ1) is 19.9. The minimum Gasteiger partial charge on any atom is -0.496 e. The fourth-order valence-electron chi connectivity index (χ4n) is 2.86. The van der Waals surface area contributed by atoms with E-state index in [9.17, 15) is 9.59 Å². The highest BCUT2D eigenvalue weighted by atomic mass is 35.5. The lowest BCUT2D eigenvalue weighted by molar-refractivity contribution is -0.131. The molecule has 1 aliphatic rings. The molecule has 1 N–H and O–H groups in total. The van der Waals surface area contributed by atoms with Gasteiger partial charge >= 0.3 is 0 Å². The van der Waals surface area contributed by atoms with Gasteiger partial charge in [0, 0.05) is 18.7 Å². The van der Waals surface area contributed by atoms with E-state index in [1.54, 1.807) is 48.4 Å². The number of para-hydroxylation sites is 1. The van der Waals surface area contributed by atoms with Gasteiger partial charge in [-0.2, -0.15) is 0 Å². The summed E-state index contributed by atoms with van der Waals surface area (Å²) in [6, 6.07) is 14.0. The summed E-state index contributed by atoms with van der Waals surface area (Å²) < 4.78 is 10.7. The van der Waals surface area contributed by atoms with Gasteiger partial charge in [0.15, 0.2) is 0 Å². The third-order valence-corrected chi connectivity index (χ3v) is 4.66. The van der Waals surface area contributed by atoms with E-state index in [2.05, 4.69) is 5.32 Å². The number of nitrogens with zero attached hydrogens (tertiary/aromatic N) is 1. The van der Waals surface area contributed by atoms with Crippen LogP contribution in [-0.2, 0) is 9.53 Å². The molecule has 3 rings (SSSR count). The normalized spacial score (nSPS) is 14.5. The van der Waals surface area contributed by atoms with Crippen LogP contribution in [0.5, 0.6) is 5.75 Å². The van der Waals surface area contributed by atoms with Gasteiger partial charge in [0.05, 0.1) is 30.9 Å². The third kappa shape index (κ3) is 4.71. The van der Waals surface area contributed by atoms with Crippen molar-refractivity contribution in [3.63, 3.8) is 0 Å². The molecule has 0 spiro atoms. The SMILES string of the molecule is COc1ccccc1/C=C(\NC(=O)c1ccccc1Cl)C(=O)N1CCOCC1. The number of halogens is 1. The van der Waals surface area contributed by atoms with E-state index in [1.165, 1.54) is 0 Å². The molecule has 146 valence electrons. The first-order valence-electron chi connectivity index (χ1n) is 8.88. The Kier molecular flexibility index (Phi) is 6.68. The van der Waals surface area contributed by atoms with E-state index in [0.717, 1.165) is 0 Å². The van der Waals surface area contributed by atoms with Gasteiger partial charge in [-0.1, -0.05) is 41.9 Å². The molecule has 0 radical (unpaired) electrons. The molecule has 2 aromatic carbocycles. The molecule has 0 aromatic heterocycles. The van der Waals surface area contributed by atoms with Crippen LogP contribution in [0.2, 0.25) is 5.02 Å². The molecule has 0 atom stereocenters. The summed E-state index contributed by atoms with van der Waals surface area (Å²) in [4.78, 5) is 27.5. The van der Waals surface area contributed by atoms with Gasteiger partial charge in [0.25, 0.3) is 11.8 Å². The molecule has 1 saturated heterocycles.